The van der Waals surface area contributed by atoms with E-state index >= 15 is 0 Å². The van der Waals surface area contributed by atoms with Crippen molar-refractivity contribution in [3.05, 3.63) is 46.6 Å². The van der Waals surface area contributed by atoms with Gasteiger partial charge in [0.05, 0.1) is 27.3 Å². The molecule has 1 saturated heterocycles. The summed E-state index contributed by atoms with van der Waals surface area (Å²) in [5.41, 5.74) is 3.19. The molecule has 0 radical (unpaired) electrons. The molecule has 2 unspecified atom stereocenters. The van der Waals surface area contributed by atoms with Crippen molar-refractivity contribution in [2.24, 2.45) is 11.8 Å². The lowest BCUT2D eigenvalue weighted by atomic mass is 10.0. The predicted molar refractivity (Wildman–Crippen MR) is 118 cm³/mol. The third-order valence-corrected chi connectivity index (χ3v) is 6.95. The zero-order valence-electron chi connectivity index (χ0n) is 17.1. The second kappa shape index (κ2) is 7.84. The number of pyridine rings is 1. The van der Waals surface area contributed by atoms with Crippen molar-refractivity contribution in [1.82, 2.24) is 9.97 Å². The van der Waals surface area contributed by atoms with Gasteiger partial charge in [-0.1, -0.05) is 24.9 Å². The molecule has 3 aromatic rings. The quantitative estimate of drug-likeness (QED) is 0.498. The molecule has 0 bridgehead atoms. The SMILES string of the molecule is CC1CCC(Cc2cc3nc(-c4c(F)cc(N5CCCC5)cc4F)c(Cl)cc3[nH]2)C1. The Kier molecular flexibility index (Phi) is 5.18. The summed E-state index contributed by atoms with van der Waals surface area (Å²) in [5.74, 6) is 0.215. The first-order valence-corrected chi connectivity index (χ1v) is 11.3. The Balaban J connectivity index is 1.48. The average molecular weight is 430 g/mol. The zero-order chi connectivity index (χ0) is 20.8. The van der Waals surface area contributed by atoms with Crippen molar-refractivity contribution >= 4 is 28.3 Å². The minimum atomic E-state index is -0.624. The molecule has 2 atom stereocenters. The van der Waals surface area contributed by atoms with E-state index < -0.39 is 11.6 Å². The summed E-state index contributed by atoms with van der Waals surface area (Å²) < 4.78 is 29.9. The number of aromatic nitrogens is 2. The van der Waals surface area contributed by atoms with Gasteiger partial charge in [0.2, 0.25) is 0 Å². The van der Waals surface area contributed by atoms with Crippen LogP contribution in [0.5, 0.6) is 0 Å². The van der Waals surface area contributed by atoms with Gasteiger partial charge in [0.1, 0.15) is 11.6 Å². The number of fused-ring (bicyclic) bond motifs is 1. The molecule has 6 heteroatoms. The van der Waals surface area contributed by atoms with Gasteiger partial charge in [0, 0.05) is 24.5 Å². The van der Waals surface area contributed by atoms with Crippen LogP contribution in [0.15, 0.2) is 24.3 Å². The Hall–Kier alpha value is -2.14. The maximum atomic E-state index is 15.0. The molecule has 1 aromatic carbocycles. The van der Waals surface area contributed by atoms with Crippen LogP contribution < -0.4 is 4.90 Å². The predicted octanol–water partition coefficient (Wildman–Crippen LogP) is 6.74. The van der Waals surface area contributed by atoms with Crippen molar-refractivity contribution in [2.45, 2.75) is 45.4 Å². The number of anilines is 1. The number of hydrogen-bond donors (Lipinski definition) is 1. The van der Waals surface area contributed by atoms with E-state index in [2.05, 4.69) is 16.9 Å². The van der Waals surface area contributed by atoms with Crippen molar-refractivity contribution < 1.29 is 8.78 Å². The molecule has 1 N–H and O–H groups in total. The van der Waals surface area contributed by atoms with Crippen LogP contribution in [-0.2, 0) is 6.42 Å². The van der Waals surface area contributed by atoms with Crippen LogP contribution in [0.25, 0.3) is 22.3 Å². The van der Waals surface area contributed by atoms with E-state index in [1.54, 1.807) is 6.07 Å². The molecular formula is C24H26ClF2N3. The topological polar surface area (TPSA) is 31.9 Å². The van der Waals surface area contributed by atoms with Crippen molar-refractivity contribution in [3.63, 3.8) is 0 Å². The maximum absolute atomic E-state index is 15.0. The van der Waals surface area contributed by atoms with Crippen LogP contribution in [0, 0.1) is 23.5 Å². The van der Waals surface area contributed by atoms with Crippen LogP contribution in [-0.4, -0.2) is 23.1 Å². The molecule has 2 aromatic heterocycles. The number of nitrogens with one attached hydrogen (secondary N) is 1. The molecular weight excluding hydrogens is 404 g/mol. The molecule has 2 aliphatic rings. The Labute approximate surface area is 180 Å². The zero-order valence-corrected chi connectivity index (χ0v) is 17.9. The molecule has 3 nitrogen and oxygen atoms in total. The van der Waals surface area contributed by atoms with Gasteiger partial charge in [-0.05, 0) is 68.2 Å². The molecule has 0 amide bonds. The van der Waals surface area contributed by atoms with E-state index in [0.717, 1.165) is 49.5 Å². The minimum absolute atomic E-state index is 0.155. The number of hydrogen-bond acceptors (Lipinski definition) is 2. The molecule has 1 aliphatic carbocycles. The highest BCUT2D eigenvalue weighted by Crippen LogP contribution is 2.37. The Morgan fingerprint density at radius 1 is 1.10 bits per heavy atom. The standard InChI is InChI=1S/C24H26ClF2N3/c1-14-4-5-15(8-14)9-16-10-21-22(28-16)13-18(25)24(29-21)23-19(26)11-17(12-20(23)27)30-6-2-3-7-30/h10-15,28H,2-9H2,1H3. The van der Waals surface area contributed by atoms with Gasteiger partial charge in [0.15, 0.2) is 0 Å². The Morgan fingerprint density at radius 2 is 1.83 bits per heavy atom. The van der Waals surface area contributed by atoms with E-state index in [1.807, 2.05) is 11.0 Å². The van der Waals surface area contributed by atoms with Gasteiger partial charge >= 0.3 is 0 Å². The lowest BCUT2D eigenvalue weighted by molar-refractivity contribution is 0.509. The summed E-state index contributed by atoms with van der Waals surface area (Å²) in [6.45, 7) is 3.96. The number of H-pyrrole nitrogens is 1. The lowest BCUT2D eigenvalue weighted by Gasteiger charge is -2.19. The number of rotatable bonds is 4. The smallest absolute Gasteiger partial charge is 0.137 e. The van der Waals surface area contributed by atoms with E-state index in [-0.39, 0.29) is 16.3 Å². The van der Waals surface area contributed by atoms with E-state index in [4.69, 9.17) is 11.6 Å². The monoisotopic (exact) mass is 429 g/mol. The van der Waals surface area contributed by atoms with Gasteiger partial charge in [-0.25, -0.2) is 13.8 Å². The van der Waals surface area contributed by atoms with Crippen molar-refractivity contribution in [3.8, 4) is 11.3 Å². The number of nitrogens with zero attached hydrogens (tertiary/aromatic N) is 2. The first-order valence-electron chi connectivity index (χ1n) is 10.9. The van der Waals surface area contributed by atoms with Gasteiger partial charge in [-0.15, -0.1) is 0 Å². The van der Waals surface area contributed by atoms with Crippen LogP contribution in [0.4, 0.5) is 14.5 Å². The maximum Gasteiger partial charge on any atom is 0.137 e. The third kappa shape index (κ3) is 3.68. The second-order valence-corrected chi connectivity index (χ2v) is 9.42. The Morgan fingerprint density at radius 3 is 2.50 bits per heavy atom. The van der Waals surface area contributed by atoms with E-state index in [0.29, 0.717) is 17.1 Å². The van der Waals surface area contributed by atoms with Crippen LogP contribution in [0.1, 0.15) is 44.7 Å². The number of aromatic amines is 1. The summed E-state index contributed by atoms with van der Waals surface area (Å²) in [4.78, 5) is 9.95. The molecule has 1 aliphatic heterocycles. The van der Waals surface area contributed by atoms with Crippen LogP contribution in [0.2, 0.25) is 5.02 Å². The molecule has 3 heterocycles. The highest BCUT2D eigenvalue weighted by Gasteiger charge is 2.24. The summed E-state index contributed by atoms with van der Waals surface area (Å²) in [6.07, 6.45) is 6.84. The highest BCUT2D eigenvalue weighted by molar-refractivity contribution is 6.33. The van der Waals surface area contributed by atoms with Gasteiger partial charge < -0.3 is 9.88 Å². The van der Waals surface area contributed by atoms with Crippen molar-refractivity contribution in [1.29, 1.82) is 0 Å². The summed E-state index contributed by atoms with van der Waals surface area (Å²) in [5, 5.41) is 0.247. The third-order valence-electron chi connectivity index (χ3n) is 6.66. The lowest BCUT2D eigenvalue weighted by Crippen LogP contribution is -2.18. The molecule has 0 spiro atoms. The fourth-order valence-corrected chi connectivity index (χ4v) is 5.38. The summed E-state index contributed by atoms with van der Waals surface area (Å²) in [7, 11) is 0. The largest absolute Gasteiger partial charge is 0.371 e. The highest BCUT2D eigenvalue weighted by atomic mass is 35.5. The molecule has 5 rings (SSSR count). The van der Waals surface area contributed by atoms with Gasteiger partial charge in [-0.2, -0.15) is 0 Å². The average Bonchev–Trinajstić information content (AvgIpc) is 3.42. The van der Waals surface area contributed by atoms with E-state index in [1.165, 1.54) is 31.4 Å². The summed E-state index contributed by atoms with van der Waals surface area (Å²) in [6, 6.07) is 6.52. The summed E-state index contributed by atoms with van der Waals surface area (Å²) >= 11 is 6.42. The van der Waals surface area contributed by atoms with E-state index in [9.17, 15) is 8.78 Å². The molecule has 30 heavy (non-hydrogen) atoms. The number of halogens is 3. The van der Waals surface area contributed by atoms with Gasteiger partial charge in [0.25, 0.3) is 0 Å². The first-order chi connectivity index (χ1) is 14.5. The van der Waals surface area contributed by atoms with Crippen LogP contribution >= 0.6 is 11.6 Å². The van der Waals surface area contributed by atoms with Crippen molar-refractivity contribution in [2.75, 3.05) is 18.0 Å². The number of benzene rings is 1. The normalized spacial score (nSPS) is 21.8. The first kappa shape index (κ1) is 19.8. The Bertz CT molecular complexity index is 1060. The minimum Gasteiger partial charge on any atom is -0.371 e. The van der Waals surface area contributed by atoms with Crippen LogP contribution in [0.3, 0.4) is 0 Å². The fourth-order valence-electron chi connectivity index (χ4n) is 5.14. The second-order valence-electron chi connectivity index (χ2n) is 9.01. The molecule has 158 valence electrons. The molecule has 2 fully saturated rings. The fraction of sp³-hybridized carbons (Fsp3) is 0.458. The van der Waals surface area contributed by atoms with Gasteiger partial charge in [-0.3, -0.25) is 0 Å². The molecule has 1 saturated carbocycles.